The van der Waals surface area contributed by atoms with Crippen LogP contribution in [0.1, 0.15) is 16.1 Å². The van der Waals surface area contributed by atoms with E-state index in [1.807, 2.05) is 0 Å². The van der Waals surface area contributed by atoms with Crippen molar-refractivity contribution in [2.24, 2.45) is 0 Å². The van der Waals surface area contributed by atoms with Gasteiger partial charge in [0.05, 0.1) is 18.4 Å². The monoisotopic (exact) mass is 311 g/mol. The molecule has 1 aromatic heterocycles. The molecule has 0 aliphatic carbocycles. The van der Waals surface area contributed by atoms with Crippen molar-refractivity contribution in [3.05, 3.63) is 29.5 Å². The van der Waals surface area contributed by atoms with Gasteiger partial charge in [-0.2, -0.15) is 0 Å². The number of sulfone groups is 1. The van der Waals surface area contributed by atoms with Crippen LogP contribution in [0.15, 0.2) is 22.6 Å². The average molecular weight is 311 g/mol. The summed E-state index contributed by atoms with van der Waals surface area (Å²) in [7, 11) is -1.57. The van der Waals surface area contributed by atoms with Crippen LogP contribution < -0.4 is 10.1 Å². The molecule has 1 amide bonds. The molecule has 0 fully saturated rings. The van der Waals surface area contributed by atoms with Crippen LogP contribution in [0.25, 0.3) is 11.0 Å². The van der Waals surface area contributed by atoms with Gasteiger partial charge in [-0.1, -0.05) is 0 Å². The van der Waals surface area contributed by atoms with Crippen molar-refractivity contribution in [3.63, 3.8) is 0 Å². The van der Waals surface area contributed by atoms with E-state index >= 15 is 0 Å². The van der Waals surface area contributed by atoms with E-state index in [-0.39, 0.29) is 18.2 Å². The highest BCUT2D eigenvalue weighted by atomic mass is 32.2. The van der Waals surface area contributed by atoms with E-state index in [0.29, 0.717) is 28.0 Å². The number of rotatable bonds is 5. The second-order valence-electron chi connectivity index (χ2n) is 4.78. The van der Waals surface area contributed by atoms with E-state index in [2.05, 4.69) is 5.32 Å². The van der Waals surface area contributed by atoms with E-state index in [1.54, 1.807) is 32.2 Å². The number of amides is 1. The molecule has 7 heteroatoms. The Bertz CT molecular complexity index is 776. The molecule has 0 unspecified atom stereocenters. The van der Waals surface area contributed by atoms with Crippen LogP contribution >= 0.6 is 0 Å². The minimum absolute atomic E-state index is 0.0632. The van der Waals surface area contributed by atoms with Gasteiger partial charge in [0.25, 0.3) is 5.91 Å². The van der Waals surface area contributed by atoms with Crippen molar-refractivity contribution in [3.8, 4) is 5.75 Å². The first-order valence-corrected chi connectivity index (χ1v) is 8.41. The number of carbonyl (C=O) groups excluding carboxylic acids is 1. The summed E-state index contributed by atoms with van der Waals surface area (Å²) in [6, 6.07) is 5.20. The number of furan rings is 1. The molecular weight excluding hydrogens is 294 g/mol. The van der Waals surface area contributed by atoms with Crippen LogP contribution in [0.5, 0.6) is 5.75 Å². The van der Waals surface area contributed by atoms with Crippen molar-refractivity contribution in [2.75, 3.05) is 25.7 Å². The Balaban J connectivity index is 2.27. The summed E-state index contributed by atoms with van der Waals surface area (Å²) in [5.41, 5.74) is 0.985. The summed E-state index contributed by atoms with van der Waals surface area (Å²) in [5.74, 6) is 0.642. The Morgan fingerprint density at radius 1 is 1.38 bits per heavy atom. The topological polar surface area (TPSA) is 85.6 Å². The normalized spacial score (nSPS) is 11.6. The number of nitrogens with one attached hydrogen (secondary N) is 1. The standard InChI is InChI=1S/C14H17NO5S/c1-9-13(14(16)15-6-7-21(3,17)18)11-8-10(19-2)4-5-12(11)20-9/h4-5,8H,6-7H2,1-3H3,(H,15,16). The molecule has 0 aliphatic heterocycles. The molecule has 114 valence electrons. The highest BCUT2D eigenvalue weighted by Gasteiger charge is 2.18. The van der Waals surface area contributed by atoms with Crippen LogP contribution in [0.3, 0.4) is 0 Å². The van der Waals surface area contributed by atoms with Gasteiger partial charge in [-0.05, 0) is 25.1 Å². The fraction of sp³-hybridized carbons (Fsp3) is 0.357. The first kappa shape index (κ1) is 15.4. The number of benzene rings is 1. The molecule has 0 saturated heterocycles. The highest BCUT2D eigenvalue weighted by Crippen LogP contribution is 2.28. The van der Waals surface area contributed by atoms with E-state index in [9.17, 15) is 13.2 Å². The SMILES string of the molecule is COc1ccc2oc(C)c(C(=O)NCCS(C)(=O)=O)c2c1. The molecule has 0 atom stereocenters. The predicted octanol–water partition coefficient (Wildman–Crippen LogP) is 1.52. The summed E-state index contributed by atoms with van der Waals surface area (Å²) in [6.07, 6.45) is 1.13. The van der Waals surface area contributed by atoms with Crippen LogP contribution in [0, 0.1) is 6.92 Å². The van der Waals surface area contributed by atoms with Crippen molar-refractivity contribution >= 4 is 26.7 Å². The van der Waals surface area contributed by atoms with Gasteiger partial charge in [-0.15, -0.1) is 0 Å². The molecule has 2 aromatic rings. The zero-order valence-electron chi connectivity index (χ0n) is 12.1. The van der Waals surface area contributed by atoms with E-state index in [0.717, 1.165) is 6.26 Å². The summed E-state index contributed by atoms with van der Waals surface area (Å²) in [4.78, 5) is 12.2. The van der Waals surface area contributed by atoms with Crippen LogP contribution in [0.2, 0.25) is 0 Å². The molecular formula is C14H17NO5S. The summed E-state index contributed by atoms with van der Waals surface area (Å²) in [6.45, 7) is 1.76. The fourth-order valence-electron chi connectivity index (χ4n) is 2.05. The Labute approximate surface area is 123 Å². The molecule has 1 heterocycles. The predicted molar refractivity (Wildman–Crippen MR) is 79.5 cm³/mol. The molecule has 0 saturated carbocycles. The minimum atomic E-state index is -3.11. The largest absolute Gasteiger partial charge is 0.497 e. The van der Waals surface area contributed by atoms with Gasteiger partial charge in [0.1, 0.15) is 26.9 Å². The first-order chi connectivity index (χ1) is 9.81. The van der Waals surface area contributed by atoms with Gasteiger partial charge < -0.3 is 14.5 Å². The number of aryl methyl sites for hydroxylation is 1. The van der Waals surface area contributed by atoms with Crippen LogP contribution in [-0.2, 0) is 9.84 Å². The van der Waals surface area contributed by atoms with E-state index in [1.165, 1.54) is 0 Å². The van der Waals surface area contributed by atoms with Crippen molar-refractivity contribution in [1.82, 2.24) is 5.32 Å². The number of hydrogen-bond donors (Lipinski definition) is 1. The fourth-order valence-corrected chi connectivity index (χ4v) is 2.52. The second kappa shape index (κ2) is 5.77. The maximum Gasteiger partial charge on any atom is 0.255 e. The third-order valence-corrected chi connectivity index (χ3v) is 4.00. The molecule has 6 nitrogen and oxygen atoms in total. The lowest BCUT2D eigenvalue weighted by atomic mass is 10.1. The lowest BCUT2D eigenvalue weighted by Crippen LogP contribution is -2.29. The van der Waals surface area contributed by atoms with Crippen LogP contribution in [-0.4, -0.2) is 40.0 Å². The number of hydrogen-bond acceptors (Lipinski definition) is 5. The molecule has 1 aromatic carbocycles. The molecule has 0 radical (unpaired) electrons. The maximum absolute atomic E-state index is 12.2. The molecule has 21 heavy (non-hydrogen) atoms. The maximum atomic E-state index is 12.2. The Kier molecular flexibility index (Phi) is 4.22. The van der Waals surface area contributed by atoms with Gasteiger partial charge in [-0.3, -0.25) is 4.79 Å². The quantitative estimate of drug-likeness (QED) is 0.905. The van der Waals surface area contributed by atoms with Gasteiger partial charge in [-0.25, -0.2) is 8.42 Å². The number of carbonyl (C=O) groups is 1. The van der Waals surface area contributed by atoms with E-state index in [4.69, 9.17) is 9.15 Å². The van der Waals surface area contributed by atoms with Gasteiger partial charge in [0, 0.05) is 18.2 Å². The zero-order chi connectivity index (χ0) is 15.6. The van der Waals surface area contributed by atoms with Gasteiger partial charge in [0.2, 0.25) is 0 Å². The Morgan fingerprint density at radius 2 is 2.10 bits per heavy atom. The summed E-state index contributed by atoms with van der Waals surface area (Å²) >= 11 is 0. The smallest absolute Gasteiger partial charge is 0.255 e. The summed E-state index contributed by atoms with van der Waals surface area (Å²) in [5, 5.41) is 3.24. The number of fused-ring (bicyclic) bond motifs is 1. The third kappa shape index (κ3) is 3.55. The van der Waals surface area contributed by atoms with Crippen molar-refractivity contribution < 1.29 is 22.4 Å². The summed E-state index contributed by atoms with van der Waals surface area (Å²) < 4.78 is 32.8. The molecule has 0 spiro atoms. The lowest BCUT2D eigenvalue weighted by molar-refractivity contribution is 0.0956. The molecule has 2 rings (SSSR count). The number of ether oxygens (including phenoxy) is 1. The Hall–Kier alpha value is -2.02. The first-order valence-electron chi connectivity index (χ1n) is 6.35. The lowest BCUT2D eigenvalue weighted by Gasteiger charge is -2.04. The zero-order valence-corrected chi connectivity index (χ0v) is 12.9. The minimum Gasteiger partial charge on any atom is -0.497 e. The third-order valence-electron chi connectivity index (χ3n) is 3.06. The van der Waals surface area contributed by atoms with Gasteiger partial charge >= 0.3 is 0 Å². The van der Waals surface area contributed by atoms with E-state index < -0.39 is 9.84 Å². The van der Waals surface area contributed by atoms with Crippen molar-refractivity contribution in [1.29, 1.82) is 0 Å². The molecule has 0 bridgehead atoms. The van der Waals surface area contributed by atoms with Crippen molar-refractivity contribution in [2.45, 2.75) is 6.92 Å². The molecule has 1 N–H and O–H groups in total. The average Bonchev–Trinajstić information content (AvgIpc) is 2.71. The van der Waals surface area contributed by atoms with Gasteiger partial charge in [0.15, 0.2) is 0 Å². The molecule has 0 aliphatic rings. The number of methoxy groups -OCH3 is 1. The van der Waals surface area contributed by atoms with Crippen LogP contribution in [0.4, 0.5) is 0 Å². The highest BCUT2D eigenvalue weighted by molar-refractivity contribution is 7.90. The second-order valence-corrected chi connectivity index (χ2v) is 7.04. The Morgan fingerprint density at radius 3 is 2.71 bits per heavy atom.